The topological polar surface area (TPSA) is 44.9 Å². The van der Waals surface area contributed by atoms with Gasteiger partial charge in [0.05, 0.1) is 11.9 Å². The largest absolute Gasteiger partial charge is 0.357 e. The first-order chi connectivity index (χ1) is 8.34. The van der Waals surface area contributed by atoms with E-state index in [9.17, 15) is 0 Å². The zero-order valence-electron chi connectivity index (χ0n) is 9.91. The van der Waals surface area contributed by atoms with Crippen molar-refractivity contribution < 1.29 is 4.74 Å². The molecule has 2 aromatic heterocycles. The first-order valence-corrected chi connectivity index (χ1v) is 5.99. The van der Waals surface area contributed by atoms with Gasteiger partial charge in [-0.05, 0) is 25.3 Å². The van der Waals surface area contributed by atoms with Crippen molar-refractivity contribution in [2.45, 2.75) is 25.5 Å². The Balaban J connectivity index is 1.85. The summed E-state index contributed by atoms with van der Waals surface area (Å²) in [6.45, 7) is 0.839. The number of nitrogens with zero attached hydrogens (tertiary/aromatic N) is 4. The minimum atomic E-state index is 0.103. The van der Waals surface area contributed by atoms with Crippen LogP contribution in [0.1, 0.15) is 25.5 Å². The Bertz CT molecular complexity index is 496. The Morgan fingerprint density at radius 1 is 1.35 bits per heavy atom. The maximum atomic E-state index is 5.70. The molecule has 0 radical (unpaired) electrons. The molecule has 5 nitrogen and oxygen atoms in total. The Labute approximate surface area is 100 Å². The lowest BCUT2D eigenvalue weighted by molar-refractivity contribution is -0.0394. The number of rotatable bonds is 2. The van der Waals surface area contributed by atoms with Gasteiger partial charge in [-0.3, -0.25) is 4.68 Å². The maximum Gasteiger partial charge on any atom is 0.150 e. The summed E-state index contributed by atoms with van der Waals surface area (Å²) in [4.78, 5) is 0. The van der Waals surface area contributed by atoms with E-state index in [1.165, 1.54) is 6.42 Å². The van der Waals surface area contributed by atoms with Crippen molar-refractivity contribution >= 4 is 0 Å². The van der Waals surface area contributed by atoms with Gasteiger partial charge in [0, 0.05) is 31.6 Å². The fourth-order valence-electron chi connectivity index (χ4n) is 2.22. The van der Waals surface area contributed by atoms with Crippen LogP contribution in [-0.2, 0) is 11.8 Å². The third kappa shape index (κ3) is 1.98. The van der Waals surface area contributed by atoms with Crippen LogP contribution in [-0.4, -0.2) is 26.2 Å². The van der Waals surface area contributed by atoms with Crippen LogP contribution < -0.4 is 0 Å². The van der Waals surface area contributed by atoms with Crippen molar-refractivity contribution in [1.29, 1.82) is 0 Å². The lowest BCUT2D eigenvalue weighted by Gasteiger charge is -2.22. The van der Waals surface area contributed by atoms with E-state index in [4.69, 9.17) is 4.74 Å². The summed E-state index contributed by atoms with van der Waals surface area (Å²) in [5.74, 6) is 0. The zero-order chi connectivity index (χ0) is 11.7. The second-order valence-corrected chi connectivity index (χ2v) is 4.37. The normalized spacial score (nSPS) is 20.6. The SMILES string of the molecule is Cn1nccc1-c1cnn(C2CCCCO2)c1. The summed E-state index contributed by atoms with van der Waals surface area (Å²) in [5, 5.41) is 8.55. The van der Waals surface area contributed by atoms with Crippen molar-refractivity contribution in [3.63, 3.8) is 0 Å². The Hall–Kier alpha value is -1.62. The Kier molecular flexibility index (Phi) is 2.68. The lowest BCUT2D eigenvalue weighted by atomic mass is 10.2. The van der Waals surface area contributed by atoms with Gasteiger partial charge in [-0.1, -0.05) is 0 Å². The van der Waals surface area contributed by atoms with Crippen LogP contribution in [0.2, 0.25) is 0 Å². The van der Waals surface area contributed by atoms with Crippen LogP contribution in [0.25, 0.3) is 11.3 Å². The molecule has 1 fully saturated rings. The van der Waals surface area contributed by atoms with Crippen LogP contribution in [0, 0.1) is 0 Å². The van der Waals surface area contributed by atoms with Crippen LogP contribution >= 0.6 is 0 Å². The predicted molar refractivity (Wildman–Crippen MR) is 63.3 cm³/mol. The average molecular weight is 232 g/mol. The van der Waals surface area contributed by atoms with E-state index >= 15 is 0 Å². The molecule has 0 bridgehead atoms. The molecule has 17 heavy (non-hydrogen) atoms. The van der Waals surface area contributed by atoms with Gasteiger partial charge in [-0.2, -0.15) is 10.2 Å². The third-order valence-corrected chi connectivity index (χ3v) is 3.17. The van der Waals surface area contributed by atoms with E-state index in [0.717, 1.165) is 30.7 Å². The van der Waals surface area contributed by atoms with Gasteiger partial charge in [0.15, 0.2) is 0 Å². The number of aromatic nitrogens is 4. The fourth-order valence-corrected chi connectivity index (χ4v) is 2.22. The molecular weight excluding hydrogens is 216 g/mol. The van der Waals surface area contributed by atoms with Crippen LogP contribution in [0.5, 0.6) is 0 Å². The molecule has 1 atom stereocenters. The predicted octanol–water partition coefficient (Wildman–Crippen LogP) is 1.98. The molecule has 0 saturated carbocycles. The van der Waals surface area contributed by atoms with Gasteiger partial charge in [0.25, 0.3) is 0 Å². The molecule has 3 heterocycles. The van der Waals surface area contributed by atoms with Crippen molar-refractivity contribution in [2.75, 3.05) is 6.61 Å². The van der Waals surface area contributed by atoms with Crippen molar-refractivity contribution in [1.82, 2.24) is 19.6 Å². The summed E-state index contributed by atoms with van der Waals surface area (Å²) >= 11 is 0. The average Bonchev–Trinajstić information content (AvgIpc) is 2.98. The van der Waals surface area contributed by atoms with Crippen molar-refractivity contribution in [3.8, 4) is 11.3 Å². The minimum Gasteiger partial charge on any atom is -0.357 e. The van der Waals surface area contributed by atoms with Crippen molar-refractivity contribution in [2.24, 2.45) is 7.05 Å². The van der Waals surface area contributed by atoms with Crippen LogP contribution in [0.15, 0.2) is 24.7 Å². The van der Waals surface area contributed by atoms with E-state index < -0.39 is 0 Å². The molecule has 2 aromatic rings. The summed E-state index contributed by atoms with van der Waals surface area (Å²) in [6.07, 6.45) is 9.22. The van der Waals surface area contributed by atoms with E-state index in [1.807, 2.05) is 34.9 Å². The molecule has 0 aromatic carbocycles. The van der Waals surface area contributed by atoms with Gasteiger partial charge >= 0.3 is 0 Å². The first-order valence-electron chi connectivity index (χ1n) is 5.99. The quantitative estimate of drug-likeness (QED) is 0.795. The smallest absolute Gasteiger partial charge is 0.150 e. The summed E-state index contributed by atoms with van der Waals surface area (Å²) < 4.78 is 9.47. The molecule has 1 aliphatic heterocycles. The molecule has 0 N–H and O–H groups in total. The zero-order valence-corrected chi connectivity index (χ0v) is 9.91. The number of ether oxygens (including phenoxy) is 1. The van der Waals surface area contributed by atoms with Gasteiger partial charge in [-0.25, -0.2) is 4.68 Å². The minimum absolute atomic E-state index is 0.103. The fraction of sp³-hybridized carbons (Fsp3) is 0.500. The van der Waals surface area contributed by atoms with E-state index in [0.29, 0.717) is 0 Å². The first kappa shape index (κ1) is 10.5. The third-order valence-electron chi connectivity index (χ3n) is 3.17. The Morgan fingerprint density at radius 2 is 2.29 bits per heavy atom. The number of hydrogen-bond donors (Lipinski definition) is 0. The summed E-state index contributed by atoms with van der Waals surface area (Å²) in [7, 11) is 1.93. The second kappa shape index (κ2) is 4.33. The number of hydrogen-bond acceptors (Lipinski definition) is 3. The molecular formula is C12H16N4O. The lowest BCUT2D eigenvalue weighted by Crippen LogP contribution is -2.18. The molecule has 1 unspecified atom stereocenters. The molecule has 5 heteroatoms. The standard InChI is InChI=1S/C12H16N4O/c1-15-11(5-6-13-15)10-8-14-16(9-10)12-4-2-3-7-17-12/h5-6,8-9,12H,2-4,7H2,1H3. The van der Waals surface area contributed by atoms with Gasteiger partial charge in [0.1, 0.15) is 6.23 Å². The van der Waals surface area contributed by atoms with Gasteiger partial charge in [0.2, 0.25) is 0 Å². The van der Waals surface area contributed by atoms with E-state index in [2.05, 4.69) is 10.2 Å². The molecule has 0 aliphatic carbocycles. The molecule has 0 amide bonds. The highest BCUT2D eigenvalue weighted by atomic mass is 16.5. The van der Waals surface area contributed by atoms with Crippen molar-refractivity contribution in [3.05, 3.63) is 24.7 Å². The highest BCUT2D eigenvalue weighted by molar-refractivity contribution is 5.56. The Morgan fingerprint density at radius 3 is 3.00 bits per heavy atom. The van der Waals surface area contributed by atoms with Gasteiger partial charge < -0.3 is 4.74 Å². The molecule has 3 rings (SSSR count). The van der Waals surface area contributed by atoms with E-state index in [-0.39, 0.29) is 6.23 Å². The molecule has 0 spiro atoms. The molecule has 1 saturated heterocycles. The maximum absolute atomic E-state index is 5.70. The van der Waals surface area contributed by atoms with Crippen LogP contribution in [0.4, 0.5) is 0 Å². The number of aryl methyl sites for hydroxylation is 1. The second-order valence-electron chi connectivity index (χ2n) is 4.37. The highest BCUT2D eigenvalue weighted by Crippen LogP contribution is 2.24. The molecule has 1 aliphatic rings. The monoisotopic (exact) mass is 232 g/mol. The highest BCUT2D eigenvalue weighted by Gasteiger charge is 2.17. The van der Waals surface area contributed by atoms with Gasteiger partial charge in [-0.15, -0.1) is 0 Å². The van der Waals surface area contributed by atoms with Crippen LogP contribution in [0.3, 0.4) is 0 Å². The van der Waals surface area contributed by atoms with E-state index in [1.54, 1.807) is 6.20 Å². The molecule has 90 valence electrons. The summed E-state index contributed by atoms with van der Waals surface area (Å²) in [5.41, 5.74) is 2.16. The summed E-state index contributed by atoms with van der Waals surface area (Å²) in [6, 6.07) is 1.99.